The third-order valence-electron chi connectivity index (χ3n) is 3.79. The molecule has 0 atom stereocenters. The number of ketones is 1. The monoisotopic (exact) mass is 268 g/mol. The van der Waals surface area contributed by atoms with Crippen LogP contribution < -0.4 is 0 Å². The molecule has 3 rings (SSSR count). The highest BCUT2D eigenvalue weighted by atomic mass is 32.2. The van der Waals surface area contributed by atoms with Crippen molar-refractivity contribution < 1.29 is 4.79 Å². The fraction of sp³-hybridized carbons (Fsp3) is 0.235. The number of thioether (sulfide) groups is 1. The highest BCUT2D eigenvalue weighted by molar-refractivity contribution is 7.98. The molecule has 2 aromatic rings. The number of Topliss-reactive ketones (excluding diaryl/α,β-unsaturated/α-hetero) is 1. The second kappa shape index (κ2) is 5.22. The maximum absolute atomic E-state index is 12.7. The molecule has 0 fully saturated rings. The lowest BCUT2D eigenvalue weighted by Gasteiger charge is -2.11. The molecule has 0 spiro atoms. The molecule has 1 aliphatic rings. The lowest BCUT2D eigenvalue weighted by molar-refractivity contribution is 0.0922. The number of rotatable bonds is 3. The number of carbonyl (C=O) groups excluding carboxylic acids is 1. The zero-order valence-corrected chi connectivity index (χ0v) is 11.7. The Labute approximate surface area is 118 Å². The summed E-state index contributed by atoms with van der Waals surface area (Å²) in [7, 11) is 0. The van der Waals surface area contributed by atoms with E-state index >= 15 is 0 Å². The minimum Gasteiger partial charge on any atom is -0.294 e. The maximum atomic E-state index is 12.7. The molecule has 1 nitrogen and oxygen atoms in total. The van der Waals surface area contributed by atoms with E-state index in [9.17, 15) is 4.79 Å². The second-order valence-corrected chi connectivity index (χ2v) is 5.79. The molecule has 0 N–H and O–H groups in total. The largest absolute Gasteiger partial charge is 0.294 e. The van der Waals surface area contributed by atoms with Crippen LogP contribution in [0.2, 0.25) is 0 Å². The molecule has 0 bridgehead atoms. The van der Waals surface area contributed by atoms with E-state index in [1.54, 1.807) is 11.8 Å². The van der Waals surface area contributed by atoms with Crippen molar-refractivity contribution in [2.24, 2.45) is 5.92 Å². The van der Waals surface area contributed by atoms with E-state index in [-0.39, 0.29) is 5.92 Å². The van der Waals surface area contributed by atoms with Crippen molar-refractivity contribution in [3.63, 3.8) is 0 Å². The van der Waals surface area contributed by atoms with E-state index in [1.165, 1.54) is 11.1 Å². The van der Waals surface area contributed by atoms with Crippen LogP contribution in [0.15, 0.2) is 53.4 Å². The summed E-state index contributed by atoms with van der Waals surface area (Å²) in [4.78, 5) is 13.8. The Balaban J connectivity index is 1.87. The lowest BCUT2D eigenvalue weighted by atomic mass is 9.95. The summed E-state index contributed by atoms with van der Waals surface area (Å²) >= 11 is 1.65. The van der Waals surface area contributed by atoms with Crippen LogP contribution in [0, 0.1) is 5.92 Å². The van der Waals surface area contributed by atoms with E-state index in [2.05, 4.69) is 24.3 Å². The first-order valence-electron chi connectivity index (χ1n) is 6.53. The van der Waals surface area contributed by atoms with Crippen LogP contribution in [0.1, 0.15) is 21.5 Å². The zero-order valence-electron chi connectivity index (χ0n) is 10.9. The van der Waals surface area contributed by atoms with Crippen LogP contribution in [0.3, 0.4) is 0 Å². The van der Waals surface area contributed by atoms with Crippen LogP contribution in [-0.4, -0.2) is 12.0 Å². The maximum Gasteiger partial charge on any atom is 0.167 e. The number of benzene rings is 2. The van der Waals surface area contributed by atoms with Crippen molar-refractivity contribution >= 4 is 17.5 Å². The van der Waals surface area contributed by atoms with Crippen LogP contribution in [0.4, 0.5) is 0 Å². The van der Waals surface area contributed by atoms with E-state index in [4.69, 9.17) is 0 Å². The molecule has 0 aromatic heterocycles. The van der Waals surface area contributed by atoms with E-state index in [0.29, 0.717) is 5.78 Å². The highest BCUT2D eigenvalue weighted by Crippen LogP contribution is 2.31. The summed E-state index contributed by atoms with van der Waals surface area (Å²) < 4.78 is 0. The SMILES string of the molecule is CSc1ccccc1C(=O)C1Cc2ccccc2C1. The minimum absolute atomic E-state index is 0.116. The minimum atomic E-state index is 0.116. The molecule has 0 saturated heterocycles. The van der Waals surface area contributed by atoms with Crippen LogP contribution in [0.5, 0.6) is 0 Å². The van der Waals surface area contributed by atoms with Gasteiger partial charge in [0.15, 0.2) is 5.78 Å². The Morgan fingerprint density at radius 1 is 1.00 bits per heavy atom. The quantitative estimate of drug-likeness (QED) is 0.618. The van der Waals surface area contributed by atoms with Gasteiger partial charge in [-0.05, 0) is 36.3 Å². The van der Waals surface area contributed by atoms with Crippen LogP contribution in [-0.2, 0) is 12.8 Å². The molecule has 2 aromatic carbocycles. The molecule has 0 aliphatic heterocycles. The van der Waals surface area contributed by atoms with E-state index < -0.39 is 0 Å². The average molecular weight is 268 g/mol. The summed E-state index contributed by atoms with van der Waals surface area (Å²) in [5.74, 6) is 0.409. The highest BCUT2D eigenvalue weighted by Gasteiger charge is 2.28. The van der Waals surface area contributed by atoms with Crippen molar-refractivity contribution in [3.8, 4) is 0 Å². The predicted octanol–water partition coefficient (Wildman–Crippen LogP) is 4.01. The number of carbonyl (C=O) groups is 1. The lowest BCUT2D eigenvalue weighted by Crippen LogP contribution is -2.15. The fourth-order valence-electron chi connectivity index (χ4n) is 2.81. The Morgan fingerprint density at radius 2 is 1.58 bits per heavy atom. The van der Waals surface area contributed by atoms with Crippen molar-refractivity contribution in [1.82, 2.24) is 0 Å². The third kappa shape index (κ3) is 2.33. The molecule has 0 saturated carbocycles. The second-order valence-electron chi connectivity index (χ2n) is 4.94. The molecular formula is C17H16OS. The van der Waals surface area contributed by atoms with Crippen LogP contribution >= 0.6 is 11.8 Å². The summed E-state index contributed by atoms with van der Waals surface area (Å²) in [6.07, 6.45) is 3.80. The molecule has 2 heteroatoms. The van der Waals surface area contributed by atoms with Gasteiger partial charge in [-0.15, -0.1) is 11.8 Å². The summed E-state index contributed by atoms with van der Waals surface area (Å²) in [5, 5.41) is 0. The van der Waals surface area contributed by atoms with Crippen molar-refractivity contribution in [2.75, 3.05) is 6.26 Å². The average Bonchev–Trinajstić information content (AvgIpc) is 2.90. The number of fused-ring (bicyclic) bond motifs is 1. The van der Waals surface area contributed by atoms with Crippen molar-refractivity contribution in [2.45, 2.75) is 17.7 Å². The van der Waals surface area contributed by atoms with Crippen LogP contribution in [0.25, 0.3) is 0 Å². The molecule has 0 amide bonds. The molecule has 0 radical (unpaired) electrons. The normalized spacial score (nSPS) is 14.4. The number of hydrogen-bond donors (Lipinski definition) is 0. The van der Waals surface area contributed by atoms with E-state index in [1.807, 2.05) is 30.5 Å². The van der Waals surface area contributed by atoms with Crippen molar-refractivity contribution in [3.05, 3.63) is 65.2 Å². The fourth-order valence-corrected chi connectivity index (χ4v) is 3.42. The Hall–Kier alpha value is -1.54. The summed E-state index contributed by atoms with van der Waals surface area (Å²) in [6.45, 7) is 0. The smallest absolute Gasteiger partial charge is 0.167 e. The Bertz CT molecular complexity index is 593. The molecular weight excluding hydrogens is 252 g/mol. The van der Waals surface area contributed by atoms with Gasteiger partial charge in [0.25, 0.3) is 0 Å². The van der Waals surface area contributed by atoms with E-state index in [0.717, 1.165) is 23.3 Å². The van der Waals surface area contributed by atoms with Gasteiger partial charge >= 0.3 is 0 Å². The summed E-state index contributed by atoms with van der Waals surface area (Å²) in [6, 6.07) is 16.3. The topological polar surface area (TPSA) is 17.1 Å². The first-order valence-corrected chi connectivity index (χ1v) is 7.76. The van der Waals surface area contributed by atoms with Crippen molar-refractivity contribution in [1.29, 1.82) is 0 Å². The van der Waals surface area contributed by atoms with Gasteiger partial charge in [-0.2, -0.15) is 0 Å². The Kier molecular flexibility index (Phi) is 3.43. The summed E-state index contributed by atoms with van der Waals surface area (Å²) in [5.41, 5.74) is 3.55. The van der Waals surface area contributed by atoms with Gasteiger partial charge in [-0.1, -0.05) is 42.5 Å². The van der Waals surface area contributed by atoms with Gasteiger partial charge in [0.05, 0.1) is 0 Å². The third-order valence-corrected chi connectivity index (χ3v) is 4.59. The van der Waals surface area contributed by atoms with Gasteiger partial charge in [0, 0.05) is 16.4 Å². The number of hydrogen-bond acceptors (Lipinski definition) is 2. The molecule has 96 valence electrons. The van der Waals surface area contributed by atoms with Gasteiger partial charge in [-0.25, -0.2) is 0 Å². The zero-order chi connectivity index (χ0) is 13.2. The predicted molar refractivity (Wildman–Crippen MR) is 79.9 cm³/mol. The molecule has 1 aliphatic carbocycles. The Morgan fingerprint density at radius 3 is 2.21 bits per heavy atom. The molecule has 19 heavy (non-hydrogen) atoms. The standard InChI is InChI=1S/C17H16OS/c1-19-16-9-5-4-8-15(16)17(18)14-10-12-6-2-3-7-13(12)11-14/h2-9,14H,10-11H2,1H3. The van der Waals surface area contributed by atoms with Gasteiger partial charge in [0.1, 0.15) is 0 Å². The van der Waals surface area contributed by atoms with Gasteiger partial charge in [-0.3, -0.25) is 4.79 Å². The molecule has 0 unspecified atom stereocenters. The van der Waals surface area contributed by atoms with Gasteiger partial charge in [0.2, 0.25) is 0 Å². The van der Waals surface area contributed by atoms with Gasteiger partial charge < -0.3 is 0 Å². The molecule has 0 heterocycles. The first kappa shape index (κ1) is 12.5. The first-order chi connectivity index (χ1) is 9.29.